The molecule has 4 aliphatic carbocycles. The van der Waals surface area contributed by atoms with Crippen LogP contribution in [-0.4, -0.2) is 17.9 Å². The van der Waals surface area contributed by atoms with Gasteiger partial charge in [0, 0.05) is 17.5 Å². The Kier molecular flexibility index (Phi) is 3.97. The number of hydrogen-bond donors (Lipinski definition) is 2. The van der Waals surface area contributed by atoms with Crippen LogP contribution in [0.2, 0.25) is 0 Å². The molecule has 4 nitrogen and oxygen atoms in total. The van der Waals surface area contributed by atoms with Crippen molar-refractivity contribution in [3.05, 3.63) is 24.3 Å². The van der Waals surface area contributed by atoms with Gasteiger partial charge in [0.2, 0.25) is 0 Å². The van der Waals surface area contributed by atoms with Crippen molar-refractivity contribution >= 4 is 28.7 Å². The summed E-state index contributed by atoms with van der Waals surface area (Å²) in [7, 11) is 1.66. The monoisotopic (exact) mass is 329 g/mol. The van der Waals surface area contributed by atoms with Crippen LogP contribution in [0.5, 0.6) is 5.75 Å². The third-order valence-corrected chi connectivity index (χ3v) is 5.78. The molecule has 4 fully saturated rings. The Morgan fingerprint density at radius 2 is 1.83 bits per heavy atom. The molecule has 0 radical (unpaired) electrons. The Bertz CT molecular complexity index is 613. The first-order valence-electron chi connectivity index (χ1n) is 8.49. The summed E-state index contributed by atoms with van der Waals surface area (Å²) in [6, 6.07) is 7.74. The summed E-state index contributed by atoms with van der Waals surface area (Å²) in [5, 5.41) is 8.41. The Morgan fingerprint density at radius 1 is 1.13 bits per heavy atom. The van der Waals surface area contributed by atoms with Gasteiger partial charge in [-0.25, -0.2) is 0 Å². The molecule has 0 atom stereocenters. The standard InChI is InChI=1S/C18H23N3OS/c1-22-16-4-2-3-15(10-16)19-18(23)21-20-17-13-6-11-5-12(8-13)9-14(17)7-11/h2-4,10-14H,5-9H2,1H3,(H2,19,21,23). The second-order valence-corrected chi connectivity index (χ2v) is 7.55. The fraction of sp³-hybridized carbons (Fsp3) is 0.556. The van der Waals surface area contributed by atoms with E-state index in [0.717, 1.165) is 23.3 Å². The molecule has 4 saturated carbocycles. The molecule has 2 N–H and O–H groups in total. The molecule has 5 heteroatoms. The lowest BCUT2D eigenvalue weighted by atomic mass is 9.55. The Balaban J connectivity index is 1.39. The number of ether oxygens (including phenoxy) is 1. The quantitative estimate of drug-likeness (QED) is 0.654. The smallest absolute Gasteiger partial charge is 0.191 e. The molecule has 1 aromatic carbocycles. The van der Waals surface area contributed by atoms with E-state index in [4.69, 9.17) is 22.1 Å². The maximum absolute atomic E-state index is 5.38. The van der Waals surface area contributed by atoms with Crippen molar-refractivity contribution in [1.29, 1.82) is 0 Å². The van der Waals surface area contributed by atoms with E-state index in [1.165, 1.54) is 37.8 Å². The zero-order chi connectivity index (χ0) is 15.8. The molecule has 4 aliphatic rings. The summed E-state index contributed by atoms with van der Waals surface area (Å²) >= 11 is 5.38. The van der Waals surface area contributed by atoms with Crippen molar-refractivity contribution < 1.29 is 4.74 Å². The van der Waals surface area contributed by atoms with Crippen molar-refractivity contribution in [2.45, 2.75) is 32.1 Å². The summed E-state index contributed by atoms with van der Waals surface area (Å²) in [5.74, 6) is 4.11. The lowest BCUT2D eigenvalue weighted by Gasteiger charge is -2.50. The van der Waals surface area contributed by atoms with Gasteiger partial charge in [0.1, 0.15) is 5.75 Å². The molecule has 122 valence electrons. The van der Waals surface area contributed by atoms with Crippen LogP contribution in [0.4, 0.5) is 5.69 Å². The van der Waals surface area contributed by atoms with Crippen LogP contribution in [0.15, 0.2) is 29.4 Å². The van der Waals surface area contributed by atoms with Crippen molar-refractivity contribution in [2.75, 3.05) is 12.4 Å². The van der Waals surface area contributed by atoms with E-state index in [1.807, 2.05) is 24.3 Å². The van der Waals surface area contributed by atoms with Gasteiger partial charge in [-0.2, -0.15) is 5.10 Å². The van der Waals surface area contributed by atoms with E-state index >= 15 is 0 Å². The summed E-state index contributed by atoms with van der Waals surface area (Å²) < 4.78 is 5.22. The first-order chi connectivity index (χ1) is 11.2. The van der Waals surface area contributed by atoms with Gasteiger partial charge in [-0.3, -0.25) is 5.43 Å². The van der Waals surface area contributed by atoms with Crippen molar-refractivity contribution in [2.24, 2.45) is 28.8 Å². The summed E-state index contributed by atoms with van der Waals surface area (Å²) in [5.41, 5.74) is 5.34. The van der Waals surface area contributed by atoms with Gasteiger partial charge in [-0.05, 0) is 80.1 Å². The second-order valence-electron chi connectivity index (χ2n) is 7.14. The van der Waals surface area contributed by atoms with Crippen molar-refractivity contribution in [1.82, 2.24) is 5.43 Å². The molecule has 0 heterocycles. The molecule has 0 spiro atoms. The van der Waals surface area contributed by atoms with Crippen LogP contribution in [0.1, 0.15) is 32.1 Å². The number of nitrogens with one attached hydrogen (secondary N) is 2. The lowest BCUT2D eigenvalue weighted by Crippen LogP contribution is -2.46. The molecular weight excluding hydrogens is 306 g/mol. The van der Waals surface area contributed by atoms with Crippen LogP contribution < -0.4 is 15.5 Å². The summed E-state index contributed by atoms with van der Waals surface area (Å²) in [6.45, 7) is 0. The van der Waals surface area contributed by atoms with Crippen LogP contribution in [0, 0.1) is 23.7 Å². The van der Waals surface area contributed by atoms with Crippen LogP contribution in [-0.2, 0) is 0 Å². The highest BCUT2D eigenvalue weighted by Gasteiger charge is 2.46. The predicted molar refractivity (Wildman–Crippen MR) is 96.8 cm³/mol. The molecule has 1 aromatic rings. The molecule has 5 rings (SSSR count). The number of anilines is 1. The normalized spacial score (nSPS) is 30.9. The Labute approximate surface area is 142 Å². The maximum Gasteiger partial charge on any atom is 0.191 e. The number of methoxy groups -OCH3 is 1. The zero-order valence-electron chi connectivity index (χ0n) is 13.4. The minimum atomic E-state index is 0.541. The highest BCUT2D eigenvalue weighted by Crippen LogP contribution is 2.52. The second kappa shape index (κ2) is 6.11. The van der Waals surface area contributed by atoms with E-state index in [0.29, 0.717) is 16.9 Å². The van der Waals surface area contributed by atoms with Gasteiger partial charge in [0.25, 0.3) is 0 Å². The molecule has 0 aliphatic heterocycles. The van der Waals surface area contributed by atoms with Crippen molar-refractivity contribution in [3.8, 4) is 5.75 Å². The SMILES string of the molecule is COc1cccc(NC(=S)NN=C2C3CC4CC(C3)CC2C4)c1. The zero-order valence-corrected chi connectivity index (χ0v) is 14.2. The molecule has 0 amide bonds. The molecule has 0 saturated heterocycles. The highest BCUT2D eigenvalue weighted by atomic mass is 32.1. The predicted octanol–water partition coefficient (Wildman–Crippen LogP) is 3.79. The van der Waals surface area contributed by atoms with E-state index in [1.54, 1.807) is 7.11 Å². The Morgan fingerprint density at radius 3 is 2.48 bits per heavy atom. The molecule has 4 bridgehead atoms. The van der Waals surface area contributed by atoms with E-state index in [-0.39, 0.29) is 0 Å². The number of benzene rings is 1. The Hall–Kier alpha value is -1.62. The minimum Gasteiger partial charge on any atom is -0.497 e. The average Bonchev–Trinajstić information content (AvgIpc) is 2.53. The lowest BCUT2D eigenvalue weighted by molar-refractivity contribution is 0.108. The van der Waals surface area contributed by atoms with E-state index in [9.17, 15) is 0 Å². The summed E-state index contributed by atoms with van der Waals surface area (Å²) in [6.07, 6.45) is 6.81. The molecular formula is C18H23N3OS. The van der Waals surface area contributed by atoms with Gasteiger partial charge in [0.05, 0.1) is 7.11 Å². The first-order valence-corrected chi connectivity index (χ1v) is 8.90. The van der Waals surface area contributed by atoms with Crippen LogP contribution in [0.3, 0.4) is 0 Å². The largest absolute Gasteiger partial charge is 0.497 e. The van der Waals surface area contributed by atoms with Gasteiger partial charge < -0.3 is 10.1 Å². The van der Waals surface area contributed by atoms with Gasteiger partial charge in [0.15, 0.2) is 5.11 Å². The van der Waals surface area contributed by atoms with Crippen LogP contribution in [0.25, 0.3) is 0 Å². The number of thiocarbonyl (C=S) groups is 1. The number of hydrogen-bond acceptors (Lipinski definition) is 3. The van der Waals surface area contributed by atoms with Crippen LogP contribution >= 0.6 is 12.2 Å². The van der Waals surface area contributed by atoms with Gasteiger partial charge in [-0.1, -0.05) is 6.07 Å². The fourth-order valence-electron chi connectivity index (χ4n) is 4.82. The maximum atomic E-state index is 5.38. The third-order valence-electron chi connectivity index (χ3n) is 5.59. The molecule has 0 aromatic heterocycles. The third kappa shape index (κ3) is 3.07. The van der Waals surface area contributed by atoms with E-state index < -0.39 is 0 Å². The topological polar surface area (TPSA) is 45.6 Å². The van der Waals surface area contributed by atoms with Gasteiger partial charge >= 0.3 is 0 Å². The molecule has 23 heavy (non-hydrogen) atoms. The fourth-order valence-corrected chi connectivity index (χ4v) is 4.99. The summed E-state index contributed by atoms with van der Waals surface area (Å²) in [4.78, 5) is 0. The minimum absolute atomic E-state index is 0.541. The van der Waals surface area contributed by atoms with E-state index in [2.05, 4.69) is 10.7 Å². The van der Waals surface area contributed by atoms with Crippen molar-refractivity contribution in [3.63, 3.8) is 0 Å². The number of rotatable bonds is 3. The average molecular weight is 329 g/mol. The van der Waals surface area contributed by atoms with Gasteiger partial charge in [-0.15, -0.1) is 0 Å². The highest BCUT2D eigenvalue weighted by molar-refractivity contribution is 7.80. The molecule has 0 unspecified atom stereocenters. The number of nitrogens with zero attached hydrogens (tertiary/aromatic N) is 1. The number of hydrazone groups is 1. The first kappa shape index (κ1) is 14.9.